The normalized spacial score (nSPS) is 22.0. The second kappa shape index (κ2) is 6.71. The van der Waals surface area contributed by atoms with Gasteiger partial charge < -0.3 is 14.9 Å². The van der Waals surface area contributed by atoms with Crippen LogP contribution in [-0.4, -0.2) is 69.3 Å². The van der Waals surface area contributed by atoms with Crippen molar-refractivity contribution in [3.63, 3.8) is 0 Å². The third kappa shape index (κ3) is 3.81. The van der Waals surface area contributed by atoms with Gasteiger partial charge in [0.1, 0.15) is 6.04 Å². The lowest BCUT2D eigenvalue weighted by Gasteiger charge is -2.22. The van der Waals surface area contributed by atoms with E-state index in [2.05, 4.69) is 5.10 Å². The van der Waals surface area contributed by atoms with E-state index in [0.29, 0.717) is 32.4 Å². The molecule has 2 heterocycles. The molecule has 116 valence electrons. The molecule has 0 saturated carbocycles. The third-order valence-electron chi connectivity index (χ3n) is 3.95. The summed E-state index contributed by atoms with van der Waals surface area (Å²) in [7, 11) is 3.82. The first-order valence-electron chi connectivity index (χ1n) is 7.15. The first-order chi connectivity index (χ1) is 9.99. The number of hydrogen-bond acceptors (Lipinski definition) is 4. The summed E-state index contributed by atoms with van der Waals surface area (Å²) in [5, 5.41) is 13.4. The van der Waals surface area contributed by atoms with Crippen molar-refractivity contribution in [2.45, 2.75) is 37.9 Å². The molecule has 1 aliphatic heterocycles. The summed E-state index contributed by atoms with van der Waals surface area (Å²) in [5.41, 5.74) is 0. The minimum absolute atomic E-state index is 0.0843. The van der Waals surface area contributed by atoms with Crippen molar-refractivity contribution >= 4 is 11.9 Å². The Labute approximate surface area is 124 Å². The Morgan fingerprint density at radius 1 is 1.43 bits per heavy atom. The molecule has 0 bridgehead atoms. The van der Waals surface area contributed by atoms with Gasteiger partial charge in [0.2, 0.25) is 5.91 Å². The largest absolute Gasteiger partial charge is 0.480 e. The lowest BCUT2D eigenvalue weighted by molar-refractivity contribution is -0.148. The van der Waals surface area contributed by atoms with Crippen LogP contribution in [0.1, 0.15) is 19.3 Å². The SMILES string of the molecule is CN(C)[C@@H]1C[C@@H](C(=O)O)N(C(=O)CCCn2cccn2)C1. The van der Waals surface area contributed by atoms with Gasteiger partial charge in [0.25, 0.3) is 0 Å². The van der Waals surface area contributed by atoms with Crippen LogP contribution in [0.15, 0.2) is 18.5 Å². The number of likely N-dealkylation sites (N-methyl/N-ethyl adjacent to an activating group) is 1. The number of rotatable bonds is 6. The van der Waals surface area contributed by atoms with Gasteiger partial charge in [0.05, 0.1) is 0 Å². The Morgan fingerprint density at radius 3 is 2.76 bits per heavy atom. The number of carboxylic acid groups (broad SMARTS) is 1. The highest BCUT2D eigenvalue weighted by Crippen LogP contribution is 2.22. The summed E-state index contributed by atoms with van der Waals surface area (Å²) < 4.78 is 1.77. The predicted molar refractivity (Wildman–Crippen MR) is 76.7 cm³/mol. The molecule has 0 aliphatic carbocycles. The number of amides is 1. The minimum atomic E-state index is -0.917. The summed E-state index contributed by atoms with van der Waals surface area (Å²) in [5.74, 6) is -1.00. The van der Waals surface area contributed by atoms with Crippen LogP contribution in [0.3, 0.4) is 0 Å². The van der Waals surface area contributed by atoms with Crippen LogP contribution >= 0.6 is 0 Å². The summed E-state index contributed by atoms with van der Waals surface area (Å²) >= 11 is 0. The summed E-state index contributed by atoms with van der Waals surface area (Å²) in [6.07, 6.45) is 5.06. The first-order valence-corrected chi connectivity index (χ1v) is 7.15. The van der Waals surface area contributed by atoms with Gasteiger partial charge in [-0.15, -0.1) is 0 Å². The molecule has 0 radical (unpaired) electrons. The molecule has 1 N–H and O–H groups in total. The average Bonchev–Trinajstić information content (AvgIpc) is 3.07. The van der Waals surface area contributed by atoms with Crippen molar-refractivity contribution in [1.29, 1.82) is 0 Å². The van der Waals surface area contributed by atoms with Gasteiger partial charge in [-0.05, 0) is 33.0 Å². The van der Waals surface area contributed by atoms with Gasteiger partial charge in [-0.1, -0.05) is 0 Å². The van der Waals surface area contributed by atoms with E-state index in [4.69, 9.17) is 0 Å². The molecule has 1 aromatic rings. The highest BCUT2D eigenvalue weighted by molar-refractivity contribution is 5.84. The minimum Gasteiger partial charge on any atom is -0.480 e. The lowest BCUT2D eigenvalue weighted by atomic mass is 10.1. The van der Waals surface area contributed by atoms with E-state index < -0.39 is 12.0 Å². The number of carbonyl (C=O) groups is 2. The Bertz CT molecular complexity index is 486. The van der Waals surface area contributed by atoms with E-state index in [0.717, 1.165) is 0 Å². The second-order valence-corrected chi connectivity index (χ2v) is 5.63. The Morgan fingerprint density at radius 2 is 2.19 bits per heavy atom. The van der Waals surface area contributed by atoms with Crippen LogP contribution in [0.5, 0.6) is 0 Å². The van der Waals surface area contributed by atoms with Crippen molar-refractivity contribution in [2.24, 2.45) is 0 Å². The Kier molecular flexibility index (Phi) is 4.95. The van der Waals surface area contributed by atoms with Crippen molar-refractivity contribution in [1.82, 2.24) is 19.6 Å². The highest BCUT2D eigenvalue weighted by Gasteiger charge is 2.39. The van der Waals surface area contributed by atoms with Crippen LogP contribution in [0.2, 0.25) is 0 Å². The molecule has 7 nitrogen and oxygen atoms in total. The van der Waals surface area contributed by atoms with Gasteiger partial charge >= 0.3 is 5.97 Å². The van der Waals surface area contributed by atoms with E-state index in [1.54, 1.807) is 10.9 Å². The Hall–Kier alpha value is -1.89. The number of aliphatic carboxylic acids is 1. The van der Waals surface area contributed by atoms with Crippen molar-refractivity contribution in [3.8, 4) is 0 Å². The number of nitrogens with zero attached hydrogens (tertiary/aromatic N) is 4. The standard InChI is InChI=1S/C14H22N4O3/c1-16(2)11-9-12(14(20)21)18(10-11)13(19)5-3-7-17-8-4-6-15-17/h4,6,8,11-12H,3,5,7,9-10H2,1-2H3,(H,20,21)/t11-,12+/m1/s1. The number of aryl methyl sites for hydroxylation is 1. The summed E-state index contributed by atoms with van der Waals surface area (Å²) in [6, 6.07) is 1.25. The number of hydrogen-bond donors (Lipinski definition) is 1. The number of aromatic nitrogens is 2. The smallest absolute Gasteiger partial charge is 0.326 e. The summed E-state index contributed by atoms with van der Waals surface area (Å²) in [6.45, 7) is 1.16. The molecule has 1 aromatic heterocycles. The molecular formula is C14H22N4O3. The van der Waals surface area contributed by atoms with Crippen molar-refractivity contribution < 1.29 is 14.7 Å². The molecule has 1 saturated heterocycles. The lowest BCUT2D eigenvalue weighted by Crippen LogP contribution is -2.41. The summed E-state index contributed by atoms with van der Waals surface area (Å²) in [4.78, 5) is 27.1. The maximum atomic E-state index is 12.3. The van der Waals surface area contributed by atoms with Crippen LogP contribution in [0.4, 0.5) is 0 Å². The van der Waals surface area contributed by atoms with Crippen LogP contribution in [0, 0.1) is 0 Å². The number of likely N-dealkylation sites (tertiary alicyclic amines) is 1. The maximum absolute atomic E-state index is 12.3. The highest BCUT2D eigenvalue weighted by atomic mass is 16.4. The fourth-order valence-corrected chi connectivity index (χ4v) is 2.67. The van der Waals surface area contributed by atoms with Gasteiger partial charge in [-0.2, -0.15) is 5.10 Å². The van der Waals surface area contributed by atoms with Gasteiger partial charge in [-0.25, -0.2) is 4.79 Å². The molecule has 0 unspecified atom stereocenters. The fourth-order valence-electron chi connectivity index (χ4n) is 2.67. The molecule has 1 fully saturated rings. The van der Waals surface area contributed by atoms with Crippen LogP contribution < -0.4 is 0 Å². The third-order valence-corrected chi connectivity index (χ3v) is 3.95. The van der Waals surface area contributed by atoms with Gasteiger partial charge in [-0.3, -0.25) is 9.48 Å². The second-order valence-electron chi connectivity index (χ2n) is 5.63. The van der Waals surface area contributed by atoms with Gasteiger partial charge in [0.15, 0.2) is 0 Å². The molecule has 1 amide bonds. The first kappa shape index (κ1) is 15.5. The maximum Gasteiger partial charge on any atom is 0.326 e. The molecule has 21 heavy (non-hydrogen) atoms. The van der Waals surface area contributed by atoms with E-state index in [1.807, 2.05) is 31.3 Å². The van der Waals surface area contributed by atoms with Gasteiger partial charge in [0, 0.05) is 37.9 Å². The Balaban J connectivity index is 1.88. The molecule has 0 spiro atoms. The van der Waals surface area contributed by atoms with Crippen molar-refractivity contribution in [3.05, 3.63) is 18.5 Å². The zero-order valence-electron chi connectivity index (χ0n) is 12.5. The number of carbonyl (C=O) groups excluding carboxylic acids is 1. The molecular weight excluding hydrogens is 272 g/mol. The number of carboxylic acids is 1. The van der Waals surface area contributed by atoms with E-state index >= 15 is 0 Å². The zero-order chi connectivity index (χ0) is 15.4. The quantitative estimate of drug-likeness (QED) is 0.815. The zero-order valence-corrected chi connectivity index (χ0v) is 12.5. The van der Waals surface area contributed by atoms with Crippen molar-refractivity contribution in [2.75, 3.05) is 20.6 Å². The molecule has 0 aromatic carbocycles. The monoisotopic (exact) mass is 294 g/mol. The van der Waals surface area contributed by atoms with E-state index in [9.17, 15) is 14.7 Å². The van der Waals surface area contributed by atoms with E-state index in [1.165, 1.54) is 4.90 Å². The predicted octanol–water partition coefficient (Wildman–Crippen LogP) is 0.279. The molecule has 1 aliphatic rings. The topological polar surface area (TPSA) is 78.7 Å². The average molecular weight is 294 g/mol. The fraction of sp³-hybridized carbons (Fsp3) is 0.643. The van der Waals surface area contributed by atoms with Crippen LogP contribution in [-0.2, 0) is 16.1 Å². The van der Waals surface area contributed by atoms with E-state index in [-0.39, 0.29) is 11.9 Å². The molecule has 7 heteroatoms. The molecule has 2 rings (SSSR count). The molecule has 2 atom stereocenters. The van der Waals surface area contributed by atoms with Crippen LogP contribution in [0.25, 0.3) is 0 Å².